The van der Waals surface area contributed by atoms with Gasteiger partial charge >= 0.3 is 0 Å². The molecule has 2 atom stereocenters. The summed E-state index contributed by atoms with van der Waals surface area (Å²) in [6, 6.07) is 10.1. The van der Waals surface area contributed by atoms with E-state index in [-0.39, 0.29) is 12.0 Å². The Morgan fingerprint density at radius 1 is 1.35 bits per heavy atom. The molecule has 1 heterocycles. The molecule has 3 heteroatoms. The van der Waals surface area contributed by atoms with Crippen molar-refractivity contribution in [1.82, 2.24) is 0 Å². The van der Waals surface area contributed by atoms with Gasteiger partial charge in [0, 0.05) is 0 Å². The fourth-order valence-corrected chi connectivity index (χ4v) is 2.00. The molecule has 0 bridgehead atoms. The fourth-order valence-electron chi connectivity index (χ4n) is 2.00. The largest absolute Gasteiger partial charge is 0.362 e. The van der Waals surface area contributed by atoms with Crippen molar-refractivity contribution < 1.29 is 9.53 Å². The number of carbonyl (C=O) groups is 1. The van der Waals surface area contributed by atoms with Gasteiger partial charge in [0.2, 0.25) is 0 Å². The molecule has 17 heavy (non-hydrogen) atoms. The van der Waals surface area contributed by atoms with Gasteiger partial charge < -0.3 is 9.53 Å². The molecule has 2 rings (SSSR count). The number of ether oxygens (including phenoxy) is 1. The van der Waals surface area contributed by atoms with E-state index in [0.717, 1.165) is 17.6 Å². The molecule has 0 aliphatic carbocycles. The van der Waals surface area contributed by atoms with Gasteiger partial charge in [0.25, 0.3) is 0 Å². The van der Waals surface area contributed by atoms with Crippen LogP contribution in [0.15, 0.2) is 35.3 Å². The van der Waals surface area contributed by atoms with E-state index >= 15 is 0 Å². The number of hydrogen-bond acceptors (Lipinski definition) is 3. The van der Waals surface area contributed by atoms with Crippen LogP contribution in [0.2, 0.25) is 0 Å². The topological polar surface area (TPSA) is 38.7 Å². The summed E-state index contributed by atoms with van der Waals surface area (Å²) >= 11 is 0. The zero-order valence-corrected chi connectivity index (χ0v) is 10.2. The standard InChI is InChI=1S/C14H17NO2/c1-10(2)14-13(8-16)17-9-12(15-14)11-6-4-3-5-7-11/h3-8,10,12-13H,9H2,1-2H3/t12-,13?/m0/s1. The molecule has 0 spiro atoms. The molecule has 0 N–H and O–H groups in total. The number of aliphatic imine (C=N–C) groups is 1. The molecule has 1 aromatic carbocycles. The van der Waals surface area contributed by atoms with E-state index in [9.17, 15) is 4.79 Å². The number of carbonyl (C=O) groups excluding carboxylic acids is 1. The van der Waals surface area contributed by atoms with E-state index in [1.165, 1.54) is 0 Å². The molecule has 0 radical (unpaired) electrons. The first-order valence-electron chi connectivity index (χ1n) is 5.91. The average molecular weight is 231 g/mol. The van der Waals surface area contributed by atoms with Gasteiger partial charge in [-0.25, -0.2) is 0 Å². The van der Waals surface area contributed by atoms with E-state index in [0.29, 0.717) is 6.61 Å². The second kappa shape index (κ2) is 5.23. The normalized spacial score (nSPS) is 24.5. The first-order valence-corrected chi connectivity index (χ1v) is 5.91. The third-order valence-corrected chi connectivity index (χ3v) is 2.93. The molecular formula is C14H17NO2. The summed E-state index contributed by atoms with van der Waals surface area (Å²) in [7, 11) is 0. The number of benzene rings is 1. The summed E-state index contributed by atoms with van der Waals surface area (Å²) in [4.78, 5) is 15.6. The zero-order chi connectivity index (χ0) is 12.3. The third kappa shape index (κ3) is 2.61. The predicted molar refractivity (Wildman–Crippen MR) is 67.3 cm³/mol. The molecule has 0 fully saturated rings. The van der Waals surface area contributed by atoms with E-state index in [2.05, 4.69) is 4.99 Å². The van der Waals surface area contributed by atoms with Crippen LogP contribution in [0.4, 0.5) is 0 Å². The quantitative estimate of drug-likeness (QED) is 0.749. The van der Waals surface area contributed by atoms with Gasteiger partial charge in [0.1, 0.15) is 0 Å². The van der Waals surface area contributed by atoms with E-state index in [4.69, 9.17) is 4.74 Å². The van der Waals surface area contributed by atoms with Gasteiger partial charge in [-0.05, 0) is 11.5 Å². The first-order chi connectivity index (χ1) is 8.22. The lowest BCUT2D eigenvalue weighted by molar-refractivity contribution is -0.115. The van der Waals surface area contributed by atoms with Gasteiger partial charge in [0.05, 0.1) is 18.4 Å². The van der Waals surface area contributed by atoms with Gasteiger partial charge in [-0.15, -0.1) is 0 Å². The van der Waals surface area contributed by atoms with Gasteiger partial charge in [-0.2, -0.15) is 0 Å². The van der Waals surface area contributed by atoms with Crippen LogP contribution >= 0.6 is 0 Å². The Morgan fingerprint density at radius 3 is 2.65 bits per heavy atom. The van der Waals surface area contributed by atoms with Crippen molar-refractivity contribution in [2.45, 2.75) is 26.0 Å². The van der Waals surface area contributed by atoms with Crippen molar-refractivity contribution in [3.05, 3.63) is 35.9 Å². The number of aldehydes is 1. The number of hydrogen-bond donors (Lipinski definition) is 0. The van der Waals surface area contributed by atoms with Crippen LogP contribution in [-0.2, 0) is 9.53 Å². The summed E-state index contributed by atoms with van der Waals surface area (Å²) in [5.41, 5.74) is 1.98. The highest BCUT2D eigenvalue weighted by atomic mass is 16.5. The summed E-state index contributed by atoms with van der Waals surface area (Å²) in [6.07, 6.45) is 0.370. The van der Waals surface area contributed by atoms with Crippen molar-refractivity contribution in [1.29, 1.82) is 0 Å². The lowest BCUT2D eigenvalue weighted by Gasteiger charge is -2.27. The summed E-state index contributed by atoms with van der Waals surface area (Å²) in [6.45, 7) is 4.54. The van der Waals surface area contributed by atoms with Crippen LogP contribution in [0.25, 0.3) is 0 Å². The minimum absolute atomic E-state index is 0.0183. The molecule has 1 aliphatic rings. The Kier molecular flexibility index (Phi) is 3.69. The SMILES string of the molecule is CC(C)C1=N[C@H](c2ccccc2)COC1C=O. The Balaban J connectivity index is 2.28. The maximum atomic E-state index is 10.9. The lowest BCUT2D eigenvalue weighted by Crippen LogP contribution is -2.35. The Hall–Kier alpha value is -1.48. The molecule has 0 saturated heterocycles. The zero-order valence-electron chi connectivity index (χ0n) is 10.2. The van der Waals surface area contributed by atoms with Gasteiger partial charge in [-0.1, -0.05) is 44.2 Å². The van der Waals surface area contributed by atoms with Gasteiger partial charge in [-0.3, -0.25) is 4.99 Å². The minimum atomic E-state index is -0.463. The fraction of sp³-hybridized carbons (Fsp3) is 0.429. The molecular weight excluding hydrogens is 214 g/mol. The van der Waals surface area contributed by atoms with Crippen molar-refractivity contribution in [3.8, 4) is 0 Å². The van der Waals surface area contributed by atoms with Crippen LogP contribution in [0.5, 0.6) is 0 Å². The van der Waals surface area contributed by atoms with E-state index < -0.39 is 6.10 Å². The average Bonchev–Trinajstić information content (AvgIpc) is 2.39. The second-order valence-corrected chi connectivity index (χ2v) is 4.53. The molecule has 0 saturated carbocycles. The summed E-state index contributed by atoms with van der Waals surface area (Å²) in [5, 5.41) is 0. The lowest BCUT2D eigenvalue weighted by atomic mass is 9.99. The highest BCUT2D eigenvalue weighted by Crippen LogP contribution is 2.24. The Labute approximate surface area is 102 Å². The van der Waals surface area contributed by atoms with Crippen molar-refractivity contribution >= 4 is 12.0 Å². The summed E-state index contributed by atoms with van der Waals surface area (Å²) in [5.74, 6) is 0.233. The van der Waals surface area contributed by atoms with E-state index in [1.54, 1.807) is 0 Å². The predicted octanol–water partition coefficient (Wildman–Crippen LogP) is 2.42. The first kappa shape index (κ1) is 12.0. The smallest absolute Gasteiger partial charge is 0.154 e. The second-order valence-electron chi connectivity index (χ2n) is 4.53. The number of nitrogens with zero attached hydrogens (tertiary/aromatic N) is 1. The molecule has 1 aromatic rings. The molecule has 0 aromatic heterocycles. The molecule has 3 nitrogen and oxygen atoms in total. The Bertz CT molecular complexity index is 411. The molecule has 1 aliphatic heterocycles. The Morgan fingerprint density at radius 2 is 2.06 bits per heavy atom. The maximum Gasteiger partial charge on any atom is 0.154 e. The van der Waals surface area contributed by atoms with Crippen LogP contribution in [0.3, 0.4) is 0 Å². The van der Waals surface area contributed by atoms with Gasteiger partial charge in [0.15, 0.2) is 12.4 Å². The monoisotopic (exact) mass is 231 g/mol. The van der Waals surface area contributed by atoms with Crippen LogP contribution < -0.4 is 0 Å². The van der Waals surface area contributed by atoms with Crippen molar-refractivity contribution in [3.63, 3.8) is 0 Å². The highest BCUT2D eigenvalue weighted by molar-refractivity contribution is 6.01. The van der Waals surface area contributed by atoms with Crippen molar-refractivity contribution in [2.24, 2.45) is 10.9 Å². The van der Waals surface area contributed by atoms with E-state index in [1.807, 2.05) is 44.2 Å². The maximum absolute atomic E-state index is 10.9. The van der Waals surface area contributed by atoms with Crippen LogP contribution in [0.1, 0.15) is 25.5 Å². The molecule has 1 unspecified atom stereocenters. The summed E-state index contributed by atoms with van der Waals surface area (Å²) < 4.78 is 5.57. The highest BCUT2D eigenvalue weighted by Gasteiger charge is 2.27. The molecule has 0 amide bonds. The van der Waals surface area contributed by atoms with Crippen LogP contribution in [-0.4, -0.2) is 24.7 Å². The number of rotatable bonds is 3. The third-order valence-electron chi connectivity index (χ3n) is 2.93. The van der Waals surface area contributed by atoms with Crippen LogP contribution in [0, 0.1) is 5.92 Å². The molecule has 90 valence electrons. The van der Waals surface area contributed by atoms with Crippen molar-refractivity contribution in [2.75, 3.05) is 6.61 Å². The minimum Gasteiger partial charge on any atom is -0.362 e.